The van der Waals surface area contributed by atoms with Crippen LogP contribution in [-0.4, -0.2) is 21.8 Å². The topological polar surface area (TPSA) is 59.8 Å². The van der Waals surface area contributed by atoms with Crippen LogP contribution in [0.2, 0.25) is 0 Å². The van der Waals surface area contributed by atoms with Crippen molar-refractivity contribution < 1.29 is 0 Å². The van der Waals surface area contributed by atoms with Gasteiger partial charge in [-0.3, -0.25) is 4.79 Å². The summed E-state index contributed by atoms with van der Waals surface area (Å²) in [5, 5.41) is 12.6. The van der Waals surface area contributed by atoms with Crippen LogP contribution >= 0.6 is 11.3 Å². The van der Waals surface area contributed by atoms with E-state index in [1.54, 1.807) is 0 Å². The number of nitrogens with zero attached hydrogens (tertiary/aromatic N) is 3. The summed E-state index contributed by atoms with van der Waals surface area (Å²) >= 11 is 1.42. The number of pyridine rings is 1. The average Bonchev–Trinajstić information content (AvgIpc) is 2.94. The van der Waals surface area contributed by atoms with Crippen LogP contribution in [0.1, 0.15) is 44.0 Å². The van der Waals surface area contributed by atoms with Crippen LogP contribution in [0.25, 0.3) is 10.6 Å². The van der Waals surface area contributed by atoms with Crippen molar-refractivity contribution in [2.45, 2.75) is 45.6 Å². The molecule has 0 radical (unpaired) electrons. The lowest BCUT2D eigenvalue weighted by Crippen LogP contribution is -2.29. The van der Waals surface area contributed by atoms with Crippen molar-refractivity contribution in [2.75, 3.05) is 12.4 Å². The molecule has 0 spiro atoms. The van der Waals surface area contributed by atoms with Gasteiger partial charge in [-0.25, -0.2) is 0 Å². The number of aryl methyl sites for hydroxylation is 1. The maximum absolute atomic E-state index is 12.9. The average molecular weight is 304 g/mol. The van der Waals surface area contributed by atoms with Crippen molar-refractivity contribution in [3.63, 3.8) is 0 Å². The number of aromatic nitrogens is 3. The van der Waals surface area contributed by atoms with Gasteiger partial charge in [-0.1, -0.05) is 11.3 Å². The molecule has 2 heterocycles. The second-order valence-corrected chi connectivity index (χ2v) is 6.65. The van der Waals surface area contributed by atoms with Crippen molar-refractivity contribution in [1.29, 1.82) is 0 Å². The third-order valence-corrected chi connectivity index (χ3v) is 4.90. The summed E-state index contributed by atoms with van der Waals surface area (Å²) in [4.78, 5) is 12.9. The van der Waals surface area contributed by atoms with Gasteiger partial charge in [0.15, 0.2) is 5.01 Å². The van der Waals surface area contributed by atoms with Gasteiger partial charge in [0, 0.05) is 18.8 Å². The predicted octanol–water partition coefficient (Wildman–Crippen LogP) is 2.87. The maximum atomic E-state index is 12.9. The standard InChI is InChI=1S/C15H20N4OS/c1-9(2)19-12-7-5-4-6-10(12)8-11(14(19)20)13-17-18-15(16-3)21-13/h8-9H,4-7H2,1-3H3,(H,16,18). The van der Waals surface area contributed by atoms with E-state index in [2.05, 4.69) is 29.4 Å². The highest BCUT2D eigenvalue weighted by Gasteiger charge is 2.21. The van der Waals surface area contributed by atoms with Gasteiger partial charge in [-0.2, -0.15) is 0 Å². The molecule has 0 atom stereocenters. The molecule has 6 heteroatoms. The Morgan fingerprint density at radius 3 is 2.71 bits per heavy atom. The molecule has 1 aliphatic rings. The number of nitrogens with one attached hydrogen (secondary N) is 1. The van der Waals surface area contributed by atoms with Crippen molar-refractivity contribution >= 4 is 16.5 Å². The van der Waals surface area contributed by atoms with E-state index in [1.165, 1.54) is 35.4 Å². The molecular weight excluding hydrogens is 284 g/mol. The minimum absolute atomic E-state index is 0.0597. The Labute approximate surface area is 128 Å². The third kappa shape index (κ3) is 2.48. The summed E-state index contributed by atoms with van der Waals surface area (Å²) in [6, 6.07) is 2.20. The first-order valence-corrected chi connectivity index (χ1v) is 8.22. The smallest absolute Gasteiger partial charge is 0.261 e. The van der Waals surface area contributed by atoms with Crippen LogP contribution in [0.3, 0.4) is 0 Å². The molecule has 0 fully saturated rings. The number of hydrogen-bond acceptors (Lipinski definition) is 5. The molecule has 1 aliphatic carbocycles. The third-order valence-electron chi connectivity index (χ3n) is 3.92. The summed E-state index contributed by atoms with van der Waals surface area (Å²) in [5.41, 5.74) is 3.25. The van der Waals surface area contributed by atoms with Gasteiger partial charge in [0.05, 0.1) is 5.56 Å². The first-order chi connectivity index (χ1) is 10.1. The van der Waals surface area contributed by atoms with Crippen LogP contribution < -0.4 is 10.9 Å². The van der Waals surface area contributed by atoms with Gasteiger partial charge in [0.25, 0.3) is 5.56 Å². The van der Waals surface area contributed by atoms with E-state index in [1.807, 2.05) is 17.7 Å². The van der Waals surface area contributed by atoms with E-state index in [0.29, 0.717) is 10.6 Å². The number of anilines is 1. The number of hydrogen-bond donors (Lipinski definition) is 1. The molecule has 0 aromatic carbocycles. The Bertz CT molecular complexity index is 717. The first-order valence-electron chi connectivity index (χ1n) is 7.40. The summed E-state index contributed by atoms with van der Waals surface area (Å²) in [6.07, 6.45) is 4.41. The molecule has 0 amide bonds. The number of fused-ring (bicyclic) bond motifs is 1. The number of rotatable bonds is 3. The van der Waals surface area contributed by atoms with Crippen LogP contribution in [0.15, 0.2) is 10.9 Å². The van der Waals surface area contributed by atoms with E-state index in [-0.39, 0.29) is 11.6 Å². The van der Waals surface area contributed by atoms with Gasteiger partial charge < -0.3 is 9.88 Å². The zero-order valence-electron chi connectivity index (χ0n) is 12.6. The molecule has 1 N–H and O–H groups in total. The fourth-order valence-corrected chi connectivity index (χ4v) is 3.67. The summed E-state index contributed by atoms with van der Waals surface area (Å²) in [6.45, 7) is 4.14. The normalized spacial score (nSPS) is 14.3. The van der Waals surface area contributed by atoms with Gasteiger partial charge in [-0.15, -0.1) is 10.2 Å². The lowest BCUT2D eigenvalue weighted by atomic mass is 9.94. The lowest BCUT2D eigenvalue weighted by Gasteiger charge is -2.24. The predicted molar refractivity (Wildman–Crippen MR) is 86.2 cm³/mol. The van der Waals surface area contributed by atoms with E-state index in [0.717, 1.165) is 18.0 Å². The Morgan fingerprint density at radius 2 is 2.05 bits per heavy atom. The van der Waals surface area contributed by atoms with E-state index < -0.39 is 0 Å². The molecule has 21 heavy (non-hydrogen) atoms. The summed E-state index contributed by atoms with van der Waals surface area (Å²) in [7, 11) is 1.81. The van der Waals surface area contributed by atoms with Crippen molar-refractivity contribution in [2.24, 2.45) is 0 Å². The molecule has 0 saturated carbocycles. The molecule has 112 valence electrons. The van der Waals surface area contributed by atoms with Gasteiger partial charge >= 0.3 is 0 Å². The SMILES string of the molecule is CNc1nnc(-c2cc3c(n(C(C)C)c2=O)CCCC3)s1. The van der Waals surface area contributed by atoms with E-state index >= 15 is 0 Å². The highest BCUT2D eigenvalue weighted by molar-refractivity contribution is 7.18. The Balaban J connectivity index is 2.21. The van der Waals surface area contributed by atoms with Crippen LogP contribution in [-0.2, 0) is 12.8 Å². The van der Waals surface area contributed by atoms with E-state index in [9.17, 15) is 4.79 Å². The van der Waals surface area contributed by atoms with Crippen LogP contribution in [0, 0.1) is 0 Å². The summed E-state index contributed by atoms with van der Waals surface area (Å²) < 4.78 is 1.95. The highest BCUT2D eigenvalue weighted by Crippen LogP contribution is 2.29. The van der Waals surface area contributed by atoms with Gasteiger partial charge in [-0.05, 0) is 51.2 Å². The minimum atomic E-state index is 0.0597. The van der Waals surface area contributed by atoms with Crippen molar-refractivity contribution in [3.8, 4) is 10.6 Å². The molecule has 2 aromatic rings. The van der Waals surface area contributed by atoms with E-state index in [4.69, 9.17) is 0 Å². The van der Waals surface area contributed by atoms with Gasteiger partial charge in [0.1, 0.15) is 0 Å². The largest absolute Gasteiger partial charge is 0.363 e. The monoisotopic (exact) mass is 304 g/mol. The van der Waals surface area contributed by atoms with Gasteiger partial charge in [0.2, 0.25) is 5.13 Å². The van der Waals surface area contributed by atoms with Crippen molar-refractivity contribution in [3.05, 3.63) is 27.7 Å². The molecule has 0 unspecified atom stereocenters. The second-order valence-electron chi connectivity index (χ2n) is 5.67. The molecule has 0 saturated heterocycles. The second kappa shape index (κ2) is 5.60. The Hall–Kier alpha value is -1.69. The molecule has 0 aliphatic heterocycles. The quantitative estimate of drug-likeness (QED) is 0.947. The molecule has 2 aromatic heterocycles. The highest BCUT2D eigenvalue weighted by atomic mass is 32.1. The Morgan fingerprint density at radius 1 is 1.29 bits per heavy atom. The molecule has 3 rings (SSSR count). The maximum Gasteiger partial charge on any atom is 0.261 e. The molecular formula is C15H20N4OS. The van der Waals surface area contributed by atoms with Crippen LogP contribution in [0.4, 0.5) is 5.13 Å². The fraction of sp³-hybridized carbons (Fsp3) is 0.533. The molecule has 0 bridgehead atoms. The molecule has 5 nitrogen and oxygen atoms in total. The minimum Gasteiger partial charge on any atom is -0.363 e. The zero-order chi connectivity index (χ0) is 15.0. The van der Waals surface area contributed by atoms with Crippen molar-refractivity contribution in [1.82, 2.24) is 14.8 Å². The van der Waals surface area contributed by atoms with Crippen LogP contribution in [0.5, 0.6) is 0 Å². The first kappa shape index (κ1) is 14.3. The Kier molecular flexibility index (Phi) is 3.80. The fourth-order valence-electron chi connectivity index (χ4n) is 2.96. The lowest BCUT2D eigenvalue weighted by molar-refractivity contribution is 0.520. The zero-order valence-corrected chi connectivity index (χ0v) is 13.5. The summed E-state index contributed by atoms with van der Waals surface area (Å²) in [5.74, 6) is 0.